The van der Waals surface area contributed by atoms with Crippen LogP contribution in [0.4, 0.5) is 18.9 Å². The highest BCUT2D eigenvalue weighted by atomic mass is 35.5. The van der Waals surface area contributed by atoms with Crippen molar-refractivity contribution in [1.29, 1.82) is 0 Å². The van der Waals surface area contributed by atoms with E-state index in [1.54, 1.807) is 12.1 Å². The van der Waals surface area contributed by atoms with Crippen molar-refractivity contribution >= 4 is 17.3 Å². The summed E-state index contributed by atoms with van der Waals surface area (Å²) in [6.45, 7) is 2.08. The molecule has 0 saturated carbocycles. The monoisotopic (exact) mass is 306 g/mol. The average molecular weight is 307 g/mol. The van der Waals surface area contributed by atoms with Crippen LogP contribution in [0.25, 0.3) is 0 Å². The van der Waals surface area contributed by atoms with Crippen molar-refractivity contribution in [2.24, 2.45) is 5.92 Å². The van der Waals surface area contributed by atoms with Gasteiger partial charge in [0, 0.05) is 30.3 Å². The van der Waals surface area contributed by atoms with E-state index in [2.05, 4.69) is 5.32 Å². The van der Waals surface area contributed by atoms with Gasteiger partial charge in [-0.2, -0.15) is 13.2 Å². The van der Waals surface area contributed by atoms with Gasteiger partial charge >= 0.3 is 6.18 Å². The topological polar surface area (TPSA) is 15.3 Å². The molecule has 1 heterocycles. The fourth-order valence-corrected chi connectivity index (χ4v) is 2.67. The maximum Gasteiger partial charge on any atom is 0.393 e. The number of benzene rings is 1. The molecule has 1 saturated heterocycles. The van der Waals surface area contributed by atoms with Gasteiger partial charge in [0.05, 0.1) is 5.92 Å². The van der Waals surface area contributed by atoms with E-state index in [0.29, 0.717) is 24.5 Å². The molecule has 0 aromatic heterocycles. The average Bonchev–Trinajstić information content (AvgIpc) is 2.38. The molecule has 2 rings (SSSR count). The lowest BCUT2D eigenvalue weighted by molar-refractivity contribution is -0.186. The van der Waals surface area contributed by atoms with Crippen LogP contribution in [0.3, 0.4) is 0 Å². The molecule has 0 radical (unpaired) electrons. The maximum absolute atomic E-state index is 12.7. The summed E-state index contributed by atoms with van der Waals surface area (Å²) in [6.07, 6.45) is -3.21. The van der Waals surface area contributed by atoms with Gasteiger partial charge in [-0.3, -0.25) is 0 Å². The van der Waals surface area contributed by atoms with Crippen molar-refractivity contribution < 1.29 is 13.2 Å². The molecular formula is C14H18ClF3N2. The molecule has 1 aromatic rings. The number of nitrogens with zero attached hydrogens (tertiary/aromatic N) is 1. The summed E-state index contributed by atoms with van der Waals surface area (Å²) in [4.78, 5) is 1.87. The molecule has 0 spiro atoms. The standard InChI is InChI=1S/C14H18ClF3N2/c15-12-4-1-5-13(9-12)19-6-8-20-7-2-3-11(10-20)14(16,17)18/h1,4-5,9,11,19H,2-3,6-8,10H2. The SMILES string of the molecule is FC(F)(F)C1CCCN(CCNc2cccc(Cl)c2)C1. The van der Waals surface area contributed by atoms with E-state index in [-0.39, 0.29) is 13.0 Å². The summed E-state index contributed by atoms with van der Waals surface area (Å²) in [5, 5.41) is 3.82. The molecule has 1 unspecified atom stereocenters. The molecule has 1 N–H and O–H groups in total. The van der Waals surface area contributed by atoms with Crippen molar-refractivity contribution in [2.45, 2.75) is 19.0 Å². The summed E-state index contributed by atoms with van der Waals surface area (Å²) < 4.78 is 38.1. The molecule has 1 fully saturated rings. The Morgan fingerprint density at radius 1 is 1.35 bits per heavy atom. The van der Waals surface area contributed by atoms with E-state index in [1.165, 1.54) is 0 Å². The Bertz CT molecular complexity index is 437. The minimum absolute atomic E-state index is 0.112. The lowest BCUT2D eigenvalue weighted by Crippen LogP contribution is -2.43. The molecule has 1 aliphatic rings. The highest BCUT2D eigenvalue weighted by molar-refractivity contribution is 6.30. The summed E-state index contributed by atoms with van der Waals surface area (Å²) >= 11 is 5.87. The van der Waals surface area contributed by atoms with Crippen LogP contribution in [0.1, 0.15) is 12.8 Å². The molecule has 20 heavy (non-hydrogen) atoms. The smallest absolute Gasteiger partial charge is 0.384 e. The van der Waals surface area contributed by atoms with Crippen molar-refractivity contribution in [3.63, 3.8) is 0 Å². The van der Waals surface area contributed by atoms with Gasteiger partial charge in [-0.15, -0.1) is 0 Å². The highest BCUT2D eigenvalue weighted by Gasteiger charge is 2.41. The largest absolute Gasteiger partial charge is 0.393 e. The molecule has 0 amide bonds. The van der Waals surface area contributed by atoms with Crippen LogP contribution in [-0.4, -0.2) is 37.3 Å². The zero-order valence-electron chi connectivity index (χ0n) is 11.1. The van der Waals surface area contributed by atoms with Crippen LogP contribution in [0.5, 0.6) is 0 Å². The predicted molar refractivity (Wildman–Crippen MR) is 75.2 cm³/mol. The minimum Gasteiger partial charge on any atom is -0.384 e. The molecule has 2 nitrogen and oxygen atoms in total. The molecule has 1 atom stereocenters. The molecular weight excluding hydrogens is 289 g/mol. The van der Waals surface area contributed by atoms with Gasteiger partial charge in [0.1, 0.15) is 0 Å². The number of rotatable bonds is 4. The second-order valence-corrected chi connectivity index (χ2v) is 5.55. The molecule has 0 bridgehead atoms. The van der Waals surface area contributed by atoms with E-state index >= 15 is 0 Å². The Morgan fingerprint density at radius 2 is 2.15 bits per heavy atom. The summed E-state index contributed by atoms with van der Waals surface area (Å²) in [7, 11) is 0. The molecule has 1 aromatic carbocycles. The third-order valence-electron chi connectivity index (χ3n) is 3.55. The Hall–Kier alpha value is -0.940. The van der Waals surface area contributed by atoms with E-state index in [4.69, 9.17) is 11.6 Å². The Balaban J connectivity index is 1.76. The summed E-state index contributed by atoms with van der Waals surface area (Å²) in [5.74, 6) is -1.18. The predicted octanol–water partition coefficient (Wildman–Crippen LogP) is 4.03. The first-order valence-electron chi connectivity index (χ1n) is 6.73. The van der Waals surface area contributed by atoms with Gasteiger partial charge < -0.3 is 10.2 Å². The number of halogens is 4. The maximum atomic E-state index is 12.7. The molecule has 1 aliphatic heterocycles. The Kier molecular flexibility index (Phi) is 5.16. The van der Waals surface area contributed by atoms with E-state index < -0.39 is 12.1 Å². The first-order chi connectivity index (χ1) is 9.45. The van der Waals surface area contributed by atoms with Gasteiger partial charge in [0.15, 0.2) is 0 Å². The van der Waals surface area contributed by atoms with Crippen LogP contribution in [-0.2, 0) is 0 Å². The zero-order valence-corrected chi connectivity index (χ0v) is 11.8. The lowest BCUT2D eigenvalue weighted by Gasteiger charge is -2.33. The van der Waals surface area contributed by atoms with Gasteiger partial charge in [0.25, 0.3) is 0 Å². The van der Waals surface area contributed by atoms with Crippen LogP contribution < -0.4 is 5.32 Å². The fraction of sp³-hybridized carbons (Fsp3) is 0.571. The zero-order chi connectivity index (χ0) is 14.6. The number of hydrogen-bond donors (Lipinski definition) is 1. The van der Waals surface area contributed by atoms with Crippen molar-refractivity contribution in [2.75, 3.05) is 31.5 Å². The van der Waals surface area contributed by atoms with Gasteiger partial charge in [-0.25, -0.2) is 0 Å². The van der Waals surface area contributed by atoms with Crippen molar-refractivity contribution in [3.8, 4) is 0 Å². The van der Waals surface area contributed by atoms with E-state index in [9.17, 15) is 13.2 Å². The normalized spacial score (nSPS) is 20.9. The van der Waals surface area contributed by atoms with Crippen molar-refractivity contribution in [3.05, 3.63) is 29.3 Å². The fourth-order valence-electron chi connectivity index (χ4n) is 2.48. The summed E-state index contributed by atoms with van der Waals surface area (Å²) in [6, 6.07) is 7.31. The first kappa shape index (κ1) is 15.4. The third kappa shape index (κ3) is 4.56. The number of likely N-dealkylation sites (tertiary alicyclic amines) is 1. The van der Waals surface area contributed by atoms with Crippen molar-refractivity contribution in [1.82, 2.24) is 4.90 Å². The van der Waals surface area contributed by atoms with Gasteiger partial charge in [-0.1, -0.05) is 17.7 Å². The highest BCUT2D eigenvalue weighted by Crippen LogP contribution is 2.32. The second kappa shape index (κ2) is 6.68. The van der Waals surface area contributed by atoms with Crippen LogP contribution in [0.15, 0.2) is 24.3 Å². The van der Waals surface area contributed by atoms with Crippen LogP contribution in [0.2, 0.25) is 5.02 Å². The van der Waals surface area contributed by atoms with Crippen LogP contribution >= 0.6 is 11.6 Å². The quantitative estimate of drug-likeness (QED) is 0.903. The molecule has 112 valence electrons. The third-order valence-corrected chi connectivity index (χ3v) is 3.79. The Morgan fingerprint density at radius 3 is 2.85 bits per heavy atom. The molecule has 6 heteroatoms. The number of piperidine rings is 1. The van der Waals surface area contributed by atoms with Gasteiger partial charge in [0.2, 0.25) is 0 Å². The first-order valence-corrected chi connectivity index (χ1v) is 7.11. The van der Waals surface area contributed by atoms with E-state index in [0.717, 1.165) is 12.2 Å². The minimum atomic E-state index is -4.07. The van der Waals surface area contributed by atoms with Gasteiger partial charge in [-0.05, 0) is 37.6 Å². The number of hydrogen-bond acceptors (Lipinski definition) is 2. The number of anilines is 1. The Labute approximate surface area is 121 Å². The lowest BCUT2D eigenvalue weighted by atomic mass is 9.97. The van der Waals surface area contributed by atoms with E-state index in [1.807, 2.05) is 17.0 Å². The van der Waals surface area contributed by atoms with Crippen LogP contribution in [0, 0.1) is 5.92 Å². The number of nitrogens with one attached hydrogen (secondary N) is 1. The number of alkyl halides is 3. The molecule has 0 aliphatic carbocycles. The summed E-state index contributed by atoms with van der Waals surface area (Å²) in [5.41, 5.74) is 0.891. The second-order valence-electron chi connectivity index (χ2n) is 5.12.